The zero-order valence-corrected chi connectivity index (χ0v) is 13.1. The maximum Gasteiger partial charge on any atom is 0.0356 e. The summed E-state index contributed by atoms with van der Waals surface area (Å²) in [5.74, 6) is 0. The number of hydrogen-bond donors (Lipinski definition) is 1. The minimum Gasteiger partial charge on any atom is -0.382 e. The van der Waals surface area contributed by atoms with E-state index in [2.05, 4.69) is 65.1 Å². The van der Waals surface area contributed by atoms with Gasteiger partial charge in [-0.15, -0.1) is 0 Å². The molecule has 2 nitrogen and oxygen atoms in total. The van der Waals surface area contributed by atoms with Crippen LogP contribution in [0, 0.1) is 6.92 Å². The molecule has 18 heavy (non-hydrogen) atoms. The number of hydrogen-bond acceptors (Lipinski definition) is 2. The van der Waals surface area contributed by atoms with Gasteiger partial charge in [-0.25, -0.2) is 0 Å². The Labute approximate surface area is 119 Å². The minimum absolute atomic E-state index is 0.619. The van der Waals surface area contributed by atoms with E-state index in [1.807, 2.05) is 0 Å². The standard InChI is InChI=1S/C15H23BrN2/c1-11(2)18-6-4-14(5-7-18)17-15-9-12(3)8-13(16)10-15/h8-11,14,17H,4-7H2,1-3H3. The number of likely N-dealkylation sites (tertiary alicyclic amines) is 1. The first-order valence-electron chi connectivity index (χ1n) is 6.82. The third-order valence-electron chi connectivity index (χ3n) is 3.67. The number of rotatable bonds is 3. The van der Waals surface area contributed by atoms with Gasteiger partial charge >= 0.3 is 0 Å². The Bertz CT molecular complexity index is 375. The molecule has 0 aromatic heterocycles. The maximum atomic E-state index is 3.67. The average Bonchev–Trinajstić information content (AvgIpc) is 2.28. The van der Waals surface area contributed by atoms with E-state index in [0.29, 0.717) is 12.1 Å². The van der Waals surface area contributed by atoms with Crippen molar-refractivity contribution in [1.82, 2.24) is 4.90 Å². The smallest absolute Gasteiger partial charge is 0.0356 e. The van der Waals surface area contributed by atoms with Crippen molar-refractivity contribution in [2.45, 2.75) is 45.7 Å². The van der Waals surface area contributed by atoms with Crippen LogP contribution in [0.25, 0.3) is 0 Å². The number of nitrogens with zero attached hydrogens (tertiary/aromatic N) is 1. The second kappa shape index (κ2) is 6.07. The van der Waals surface area contributed by atoms with Gasteiger partial charge in [-0.2, -0.15) is 0 Å². The summed E-state index contributed by atoms with van der Waals surface area (Å²) in [6.45, 7) is 9.12. The van der Waals surface area contributed by atoms with Gasteiger partial charge in [0.1, 0.15) is 0 Å². The van der Waals surface area contributed by atoms with E-state index in [-0.39, 0.29) is 0 Å². The highest BCUT2D eigenvalue weighted by Gasteiger charge is 2.20. The Morgan fingerprint density at radius 3 is 2.44 bits per heavy atom. The molecule has 1 aromatic carbocycles. The average molecular weight is 311 g/mol. The molecule has 3 heteroatoms. The van der Waals surface area contributed by atoms with E-state index in [0.717, 1.165) is 4.47 Å². The van der Waals surface area contributed by atoms with Crippen molar-refractivity contribution >= 4 is 21.6 Å². The summed E-state index contributed by atoms with van der Waals surface area (Å²) < 4.78 is 1.16. The van der Waals surface area contributed by atoms with Crippen LogP contribution < -0.4 is 5.32 Å². The second-order valence-corrected chi connectivity index (χ2v) is 6.48. The quantitative estimate of drug-likeness (QED) is 0.906. The first-order chi connectivity index (χ1) is 8.54. The van der Waals surface area contributed by atoms with Crippen LogP contribution in [-0.2, 0) is 0 Å². The van der Waals surface area contributed by atoms with Gasteiger partial charge in [-0.3, -0.25) is 0 Å². The van der Waals surface area contributed by atoms with E-state index in [1.54, 1.807) is 0 Å². The van der Waals surface area contributed by atoms with E-state index in [4.69, 9.17) is 0 Å². The molecule has 1 heterocycles. The van der Waals surface area contributed by atoms with E-state index in [1.165, 1.54) is 37.2 Å². The molecule has 1 aliphatic rings. The first kappa shape index (κ1) is 13.9. The molecule has 0 bridgehead atoms. The molecule has 0 atom stereocenters. The van der Waals surface area contributed by atoms with E-state index in [9.17, 15) is 0 Å². The normalized spacial score (nSPS) is 18.3. The molecule has 0 aliphatic carbocycles. The molecule has 1 fully saturated rings. The van der Waals surface area contributed by atoms with Crippen molar-refractivity contribution in [1.29, 1.82) is 0 Å². The largest absolute Gasteiger partial charge is 0.382 e. The predicted molar refractivity (Wildman–Crippen MR) is 82.2 cm³/mol. The van der Waals surface area contributed by atoms with Crippen LogP contribution in [0.1, 0.15) is 32.3 Å². The predicted octanol–water partition coefficient (Wildman–Crippen LogP) is 4.04. The SMILES string of the molecule is Cc1cc(Br)cc(NC2CCN(C(C)C)CC2)c1. The molecule has 0 radical (unpaired) electrons. The fourth-order valence-corrected chi connectivity index (χ4v) is 3.22. The third kappa shape index (κ3) is 3.72. The Morgan fingerprint density at radius 1 is 1.22 bits per heavy atom. The molecule has 0 unspecified atom stereocenters. The topological polar surface area (TPSA) is 15.3 Å². The highest BCUT2D eigenvalue weighted by atomic mass is 79.9. The summed E-state index contributed by atoms with van der Waals surface area (Å²) in [6.07, 6.45) is 2.48. The van der Waals surface area contributed by atoms with Crippen molar-refractivity contribution in [3.63, 3.8) is 0 Å². The van der Waals surface area contributed by atoms with Crippen molar-refractivity contribution in [2.24, 2.45) is 0 Å². The second-order valence-electron chi connectivity index (χ2n) is 5.57. The molecular weight excluding hydrogens is 288 g/mol. The Kier molecular flexibility index (Phi) is 4.68. The van der Waals surface area contributed by atoms with Crippen LogP contribution in [0.15, 0.2) is 22.7 Å². The number of halogens is 1. The van der Waals surface area contributed by atoms with Crippen molar-refractivity contribution < 1.29 is 0 Å². The number of anilines is 1. The lowest BCUT2D eigenvalue weighted by atomic mass is 10.0. The van der Waals surface area contributed by atoms with Crippen LogP contribution >= 0.6 is 15.9 Å². The summed E-state index contributed by atoms with van der Waals surface area (Å²) in [5, 5.41) is 3.67. The zero-order valence-electron chi connectivity index (χ0n) is 11.5. The lowest BCUT2D eigenvalue weighted by Crippen LogP contribution is -2.42. The Morgan fingerprint density at radius 2 is 1.89 bits per heavy atom. The summed E-state index contributed by atoms with van der Waals surface area (Å²) in [4.78, 5) is 2.56. The Balaban J connectivity index is 1.91. The monoisotopic (exact) mass is 310 g/mol. The highest BCUT2D eigenvalue weighted by Crippen LogP contribution is 2.22. The third-order valence-corrected chi connectivity index (χ3v) is 4.13. The van der Waals surface area contributed by atoms with Gasteiger partial charge in [0.2, 0.25) is 0 Å². The molecule has 100 valence electrons. The molecule has 0 saturated carbocycles. The van der Waals surface area contributed by atoms with Crippen molar-refractivity contribution in [3.8, 4) is 0 Å². The Hall–Kier alpha value is -0.540. The molecular formula is C15H23BrN2. The van der Waals surface area contributed by atoms with Crippen LogP contribution in [-0.4, -0.2) is 30.1 Å². The van der Waals surface area contributed by atoms with Gasteiger partial charge in [0, 0.05) is 35.3 Å². The molecule has 0 spiro atoms. The number of aryl methyl sites for hydroxylation is 1. The van der Waals surface area contributed by atoms with Gasteiger partial charge in [-0.1, -0.05) is 15.9 Å². The molecule has 1 aliphatic heterocycles. The van der Waals surface area contributed by atoms with E-state index >= 15 is 0 Å². The minimum atomic E-state index is 0.619. The van der Waals surface area contributed by atoms with Gasteiger partial charge in [0.15, 0.2) is 0 Å². The number of nitrogens with one attached hydrogen (secondary N) is 1. The van der Waals surface area contributed by atoms with Gasteiger partial charge in [0.05, 0.1) is 0 Å². The molecule has 2 rings (SSSR count). The van der Waals surface area contributed by atoms with Gasteiger partial charge < -0.3 is 10.2 Å². The number of benzene rings is 1. The zero-order chi connectivity index (χ0) is 13.1. The highest BCUT2D eigenvalue weighted by molar-refractivity contribution is 9.10. The fraction of sp³-hybridized carbons (Fsp3) is 0.600. The summed E-state index contributed by atoms with van der Waals surface area (Å²) >= 11 is 3.56. The maximum absolute atomic E-state index is 3.67. The van der Waals surface area contributed by atoms with Crippen LogP contribution in [0.5, 0.6) is 0 Å². The lowest BCUT2D eigenvalue weighted by molar-refractivity contribution is 0.177. The first-order valence-corrected chi connectivity index (χ1v) is 7.61. The molecule has 1 N–H and O–H groups in total. The van der Waals surface area contributed by atoms with Gasteiger partial charge in [0.25, 0.3) is 0 Å². The molecule has 1 aromatic rings. The van der Waals surface area contributed by atoms with Crippen molar-refractivity contribution in [2.75, 3.05) is 18.4 Å². The fourth-order valence-electron chi connectivity index (χ4n) is 2.62. The summed E-state index contributed by atoms with van der Waals surface area (Å²) in [6, 6.07) is 7.83. The van der Waals surface area contributed by atoms with E-state index < -0.39 is 0 Å². The van der Waals surface area contributed by atoms with Crippen LogP contribution in [0.4, 0.5) is 5.69 Å². The van der Waals surface area contributed by atoms with Crippen LogP contribution in [0.2, 0.25) is 0 Å². The summed E-state index contributed by atoms with van der Waals surface area (Å²) in [7, 11) is 0. The molecule has 0 amide bonds. The van der Waals surface area contributed by atoms with Crippen molar-refractivity contribution in [3.05, 3.63) is 28.2 Å². The molecule has 1 saturated heterocycles. The van der Waals surface area contributed by atoms with Crippen LogP contribution in [0.3, 0.4) is 0 Å². The number of piperidine rings is 1. The summed E-state index contributed by atoms with van der Waals surface area (Å²) in [5.41, 5.74) is 2.54. The lowest BCUT2D eigenvalue weighted by Gasteiger charge is -2.35. The van der Waals surface area contributed by atoms with Gasteiger partial charge in [-0.05, 0) is 57.4 Å².